The predicted molar refractivity (Wildman–Crippen MR) is 79.8 cm³/mol. The molecule has 1 fully saturated rings. The van der Waals surface area contributed by atoms with E-state index >= 15 is 0 Å². The van der Waals surface area contributed by atoms with Crippen LogP contribution in [0, 0.1) is 0 Å². The first-order valence-electron chi connectivity index (χ1n) is 7.05. The van der Waals surface area contributed by atoms with E-state index in [1.807, 2.05) is 17.0 Å². The summed E-state index contributed by atoms with van der Waals surface area (Å²) < 4.78 is 16.3. The first-order chi connectivity index (χ1) is 10.2. The van der Waals surface area contributed by atoms with Crippen LogP contribution in [0.5, 0.6) is 5.75 Å². The lowest BCUT2D eigenvalue weighted by Crippen LogP contribution is -2.47. The Morgan fingerprint density at radius 3 is 3.14 bits per heavy atom. The highest BCUT2D eigenvalue weighted by Crippen LogP contribution is 2.18. The van der Waals surface area contributed by atoms with Crippen LogP contribution in [0.4, 0.5) is 0 Å². The Hall–Kier alpha value is -1.30. The molecule has 5 nitrogen and oxygen atoms in total. The predicted octanol–water partition coefficient (Wildman–Crippen LogP) is 1.98. The normalized spacial score (nSPS) is 19.2. The highest BCUT2D eigenvalue weighted by Gasteiger charge is 2.23. The van der Waals surface area contributed by atoms with E-state index in [0.29, 0.717) is 43.7 Å². The summed E-state index contributed by atoms with van der Waals surface area (Å²) in [4.78, 5) is 13.5. The second-order valence-corrected chi connectivity index (χ2v) is 5.24. The molecule has 1 atom stereocenters. The lowest BCUT2D eigenvalue weighted by molar-refractivity contribution is -0.146. The van der Waals surface area contributed by atoms with Crippen molar-refractivity contribution in [3.8, 4) is 5.75 Å². The molecule has 1 aliphatic rings. The topological polar surface area (TPSA) is 48.0 Å². The molecule has 6 heteroatoms. The molecule has 0 bridgehead atoms. The maximum Gasteiger partial charge on any atom is 0.320 e. The Bertz CT molecular complexity index is 469. The van der Waals surface area contributed by atoms with E-state index in [1.165, 1.54) is 0 Å². The van der Waals surface area contributed by atoms with Crippen LogP contribution in [0.2, 0.25) is 5.02 Å². The van der Waals surface area contributed by atoms with Crippen molar-refractivity contribution < 1.29 is 19.0 Å². The van der Waals surface area contributed by atoms with Crippen molar-refractivity contribution >= 4 is 17.6 Å². The number of rotatable bonds is 6. The van der Waals surface area contributed by atoms with Crippen molar-refractivity contribution in [1.29, 1.82) is 0 Å². The zero-order valence-corrected chi connectivity index (χ0v) is 12.8. The quantitative estimate of drug-likeness (QED) is 0.752. The fraction of sp³-hybridized carbons (Fsp3) is 0.533. The largest absolute Gasteiger partial charge is 0.491 e. The van der Waals surface area contributed by atoms with Crippen molar-refractivity contribution in [1.82, 2.24) is 4.90 Å². The average Bonchev–Trinajstić information content (AvgIpc) is 2.46. The summed E-state index contributed by atoms with van der Waals surface area (Å²) in [5.41, 5.74) is 0. The molecule has 1 aromatic rings. The molecule has 116 valence electrons. The number of hydrogen-bond acceptors (Lipinski definition) is 5. The molecule has 2 rings (SSSR count). The van der Waals surface area contributed by atoms with Gasteiger partial charge in [-0.25, -0.2) is 0 Å². The highest BCUT2D eigenvalue weighted by molar-refractivity contribution is 6.30. The Kier molecular flexibility index (Phi) is 6.29. The molecule has 0 radical (unpaired) electrons. The Balaban J connectivity index is 1.77. The molecule has 1 unspecified atom stereocenters. The molecule has 21 heavy (non-hydrogen) atoms. The maximum atomic E-state index is 11.5. The number of nitrogens with zero attached hydrogens (tertiary/aromatic N) is 1. The van der Waals surface area contributed by atoms with Gasteiger partial charge in [0.05, 0.1) is 19.8 Å². The number of morpholine rings is 1. The van der Waals surface area contributed by atoms with Crippen LogP contribution in [0.25, 0.3) is 0 Å². The molecule has 0 aromatic heterocycles. The number of carbonyl (C=O) groups is 1. The third kappa shape index (κ3) is 5.53. The number of carbonyl (C=O) groups excluding carboxylic acids is 1. The van der Waals surface area contributed by atoms with Gasteiger partial charge in [0, 0.05) is 18.1 Å². The number of hydrogen-bond donors (Lipinski definition) is 0. The van der Waals surface area contributed by atoms with E-state index < -0.39 is 0 Å². The number of halogens is 1. The Morgan fingerprint density at radius 2 is 2.38 bits per heavy atom. The molecule has 0 amide bonds. The van der Waals surface area contributed by atoms with Crippen molar-refractivity contribution in [3.05, 3.63) is 29.3 Å². The number of ether oxygens (including phenoxy) is 3. The molecule has 1 aliphatic heterocycles. The van der Waals surface area contributed by atoms with E-state index in [9.17, 15) is 4.79 Å². The fourth-order valence-electron chi connectivity index (χ4n) is 2.16. The molecule has 0 saturated carbocycles. The van der Waals surface area contributed by atoms with Crippen molar-refractivity contribution in [3.63, 3.8) is 0 Å². The van der Waals surface area contributed by atoms with Crippen LogP contribution >= 0.6 is 11.6 Å². The van der Waals surface area contributed by atoms with Gasteiger partial charge in [-0.05, 0) is 25.1 Å². The first-order valence-corrected chi connectivity index (χ1v) is 7.43. The third-order valence-corrected chi connectivity index (χ3v) is 3.35. The second-order valence-electron chi connectivity index (χ2n) is 4.80. The summed E-state index contributed by atoms with van der Waals surface area (Å²) in [5.74, 6) is 0.516. The molecule has 0 spiro atoms. The molecule has 0 aliphatic carbocycles. The van der Waals surface area contributed by atoms with Gasteiger partial charge in [0.25, 0.3) is 0 Å². The molecular formula is C15H20ClNO4. The number of benzene rings is 1. The van der Waals surface area contributed by atoms with Crippen LogP contribution in [0.1, 0.15) is 6.92 Å². The van der Waals surface area contributed by atoms with Crippen molar-refractivity contribution in [2.75, 3.05) is 39.5 Å². The lowest BCUT2D eigenvalue weighted by Gasteiger charge is -2.32. The summed E-state index contributed by atoms with van der Waals surface area (Å²) in [5, 5.41) is 0.640. The van der Waals surface area contributed by atoms with Gasteiger partial charge < -0.3 is 14.2 Å². The Morgan fingerprint density at radius 1 is 1.52 bits per heavy atom. The van der Waals surface area contributed by atoms with Crippen LogP contribution in [0.3, 0.4) is 0 Å². The van der Waals surface area contributed by atoms with Gasteiger partial charge in [-0.15, -0.1) is 0 Å². The lowest BCUT2D eigenvalue weighted by atomic mass is 10.3. The van der Waals surface area contributed by atoms with Crippen LogP contribution in [-0.4, -0.2) is 56.4 Å². The van der Waals surface area contributed by atoms with Gasteiger partial charge in [-0.1, -0.05) is 17.7 Å². The fourth-order valence-corrected chi connectivity index (χ4v) is 2.34. The zero-order chi connectivity index (χ0) is 15.1. The van der Waals surface area contributed by atoms with Gasteiger partial charge in [0.2, 0.25) is 0 Å². The van der Waals surface area contributed by atoms with Gasteiger partial charge in [0.15, 0.2) is 0 Å². The van der Waals surface area contributed by atoms with E-state index in [0.717, 1.165) is 6.54 Å². The smallest absolute Gasteiger partial charge is 0.320 e. The van der Waals surface area contributed by atoms with Gasteiger partial charge in [0.1, 0.15) is 18.5 Å². The Labute approximate surface area is 129 Å². The SMILES string of the molecule is CCOC(=O)CN1CCOC(COc2cccc(Cl)c2)C1. The third-order valence-electron chi connectivity index (χ3n) is 3.11. The minimum Gasteiger partial charge on any atom is -0.491 e. The van der Waals surface area contributed by atoms with E-state index in [2.05, 4.69) is 0 Å². The maximum absolute atomic E-state index is 11.5. The van der Waals surface area contributed by atoms with E-state index in [-0.39, 0.29) is 12.1 Å². The standard InChI is InChI=1S/C15H20ClNO4/c1-2-19-15(18)10-17-6-7-20-14(9-17)11-21-13-5-3-4-12(16)8-13/h3-5,8,14H,2,6-7,9-11H2,1H3. The van der Waals surface area contributed by atoms with Gasteiger partial charge in [-0.2, -0.15) is 0 Å². The molecule has 0 N–H and O–H groups in total. The average molecular weight is 314 g/mol. The summed E-state index contributed by atoms with van der Waals surface area (Å²) in [7, 11) is 0. The van der Waals surface area contributed by atoms with Crippen LogP contribution in [-0.2, 0) is 14.3 Å². The minimum atomic E-state index is -0.200. The molecule has 1 heterocycles. The first kappa shape index (κ1) is 16.1. The molecule has 1 saturated heterocycles. The van der Waals surface area contributed by atoms with Gasteiger partial charge >= 0.3 is 5.97 Å². The molecule has 1 aromatic carbocycles. The van der Waals surface area contributed by atoms with Crippen molar-refractivity contribution in [2.45, 2.75) is 13.0 Å². The zero-order valence-electron chi connectivity index (χ0n) is 12.1. The van der Waals surface area contributed by atoms with Gasteiger partial charge in [-0.3, -0.25) is 9.69 Å². The van der Waals surface area contributed by atoms with E-state index in [1.54, 1.807) is 19.1 Å². The van der Waals surface area contributed by atoms with Crippen LogP contribution < -0.4 is 4.74 Å². The molecular weight excluding hydrogens is 294 g/mol. The number of esters is 1. The van der Waals surface area contributed by atoms with E-state index in [4.69, 9.17) is 25.8 Å². The summed E-state index contributed by atoms with van der Waals surface area (Å²) in [6.07, 6.45) is -0.0628. The summed E-state index contributed by atoms with van der Waals surface area (Å²) >= 11 is 5.91. The summed E-state index contributed by atoms with van der Waals surface area (Å²) in [6.45, 7) is 4.91. The van der Waals surface area contributed by atoms with Crippen molar-refractivity contribution in [2.24, 2.45) is 0 Å². The van der Waals surface area contributed by atoms with Crippen LogP contribution in [0.15, 0.2) is 24.3 Å². The highest BCUT2D eigenvalue weighted by atomic mass is 35.5. The summed E-state index contributed by atoms with van der Waals surface area (Å²) in [6, 6.07) is 7.25. The second kappa shape index (κ2) is 8.22. The monoisotopic (exact) mass is 313 g/mol. The minimum absolute atomic E-state index is 0.0628.